The van der Waals surface area contributed by atoms with Crippen molar-refractivity contribution in [3.63, 3.8) is 0 Å². The fourth-order valence-electron chi connectivity index (χ4n) is 2.37. The zero-order valence-electron chi connectivity index (χ0n) is 10.4. The predicted octanol–water partition coefficient (Wildman–Crippen LogP) is 1.78. The molecule has 2 N–H and O–H groups in total. The van der Waals surface area contributed by atoms with Crippen LogP contribution in [0.5, 0.6) is 11.5 Å². The zero-order chi connectivity index (χ0) is 13.6. The fourth-order valence-corrected chi connectivity index (χ4v) is 4.85. The Morgan fingerprint density at radius 1 is 1.11 bits per heavy atom. The molecule has 2 aromatic carbocycles. The average Bonchev–Trinajstić information content (AvgIpc) is 2.37. The van der Waals surface area contributed by atoms with Gasteiger partial charge in [0.15, 0.2) is 0 Å². The summed E-state index contributed by atoms with van der Waals surface area (Å²) in [6.45, 7) is 0. The molecule has 0 aromatic heterocycles. The maximum atomic E-state index is 6.21. The summed E-state index contributed by atoms with van der Waals surface area (Å²) in [5, 5.41) is 0. The van der Waals surface area contributed by atoms with Crippen molar-refractivity contribution in [3.8, 4) is 22.6 Å². The van der Waals surface area contributed by atoms with Crippen LogP contribution in [0.4, 0.5) is 5.69 Å². The first-order valence-electron chi connectivity index (χ1n) is 5.80. The second kappa shape index (κ2) is 4.90. The summed E-state index contributed by atoms with van der Waals surface area (Å²) >= 11 is 1.89. The Bertz CT molecular complexity index is 656. The molecule has 5 heteroatoms. The van der Waals surface area contributed by atoms with Crippen LogP contribution in [0.25, 0.3) is 11.1 Å². The van der Waals surface area contributed by atoms with Gasteiger partial charge in [0, 0.05) is 0 Å². The first-order valence-corrected chi connectivity index (χ1v) is 9.68. The van der Waals surface area contributed by atoms with Gasteiger partial charge in [-0.25, -0.2) is 0 Å². The second-order valence-corrected chi connectivity index (χ2v) is 17.4. The molecule has 92 valence electrons. The molecule has 0 fully saturated rings. The number of nitrogen functional groups attached to an aromatic ring is 1. The van der Waals surface area contributed by atoms with Gasteiger partial charge < -0.3 is 0 Å². The van der Waals surface area contributed by atoms with Crippen LogP contribution in [0.1, 0.15) is 5.56 Å². The number of hydrogen-bond donors (Lipinski definition) is 1. The van der Waals surface area contributed by atoms with Crippen LogP contribution in [-0.4, -0.2) is 58.6 Å². The van der Waals surface area contributed by atoms with Crippen LogP contribution in [-0.2, 0) is 0.720 Å². The number of rotatable bonds is 1. The van der Waals surface area contributed by atoms with Crippen LogP contribution in [0.15, 0.2) is 36.4 Å². The van der Waals surface area contributed by atoms with Crippen LogP contribution < -0.4 is 15.2 Å². The summed E-state index contributed by atoms with van der Waals surface area (Å²) in [6, 6.07) is 12.0. The van der Waals surface area contributed by atoms with Crippen LogP contribution in [0.3, 0.4) is 0 Å². The minimum absolute atomic E-state index is 0.120. The molecule has 0 saturated carbocycles. The molecule has 3 nitrogen and oxygen atoms in total. The summed E-state index contributed by atoms with van der Waals surface area (Å²) in [4.78, 5) is 0. The van der Waals surface area contributed by atoms with Crippen LogP contribution in [0, 0.1) is 0 Å². The fraction of sp³-hybridized carbons (Fsp3) is 0.143. The molecular formula is C14H11NO2Pb2. The van der Waals surface area contributed by atoms with Gasteiger partial charge in [0.2, 0.25) is 0 Å². The number of benzene rings is 2. The SMILES string of the molecule is COc1cccc2c1-c1c(N)cccc1O[C]2([Pb])[Pb]. The summed E-state index contributed by atoms with van der Waals surface area (Å²) in [7, 11) is 1.70. The molecule has 3 rings (SSSR count). The third-order valence-electron chi connectivity index (χ3n) is 3.20. The molecule has 0 atom stereocenters. The van der Waals surface area contributed by atoms with E-state index in [0.717, 1.165) is 79.8 Å². The normalized spacial score (nSPS) is 15.1. The van der Waals surface area contributed by atoms with E-state index in [2.05, 4.69) is 6.07 Å². The number of ether oxygens (including phenoxy) is 2. The predicted molar refractivity (Wildman–Crippen MR) is 76.7 cm³/mol. The van der Waals surface area contributed by atoms with Gasteiger partial charge in [0.05, 0.1) is 0 Å². The monoisotopic (exact) mass is 641 g/mol. The van der Waals surface area contributed by atoms with Crippen molar-refractivity contribution in [1.82, 2.24) is 0 Å². The van der Waals surface area contributed by atoms with Gasteiger partial charge in [0.25, 0.3) is 0 Å². The van der Waals surface area contributed by atoms with E-state index in [1.54, 1.807) is 7.11 Å². The summed E-state index contributed by atoms with van der Waals surface area (Å²) in [5.41, 5.74) is 10.2. The first kappa shape index (κ1) is 13.7. The second-order valence-electron chi connectivity index (χ2n) is 4.39. The van der Waals surface area contributed by atoms with Crippen molar-refractivity contribution in [2.45, 2.75) is 0.720 Å². The van der Waals surface area contributed by atoms with Crippen molar-refractivity contribution < 1.29 is 9.47 Å². The van der Waals surface area contributed by atoms with Gasteiger partial charge >= 0.3 is 145 Å². The molecule has 0 spiro atoms. The van der Waals surface area contributed by atoms with E-state index in [1.807, 2.05) is 30.3 Å². The first-order chi connectivity index (χ1) is 9.04. The van der Waals surface area contributed by atoms with Gasteiger partial charge in [-0.2, -0.15) is 0 Å². The zero-order valence-corrected chi connectivity index (χ0v) is 18.1. The van der Waals surface area contributed by atoms with E-state index < -0.39 is 0 Å². The Morgan fingerprint density at radius 3 is 2.58 bits per heavy atom. The Hall–Kier alpha value is -0.316. The molecule has 0 saturated heterocycles. The number of methoxy groups -OCH3 is 1. The molecule has 1 heterocycles. The molecule has 1 aliphatic rings. The molecule has 0 amide bonds. The molecule has 0 aliphatic carbocycles. The Kier molecular flexibility index (Phi) is 3.52. The summed E-state index contributed by atoms with van der Waals surface area (Å²) < 4.78 is 11.6. The number of fused-ring (bicyclic) bond motifs is 3. The third kappa shape index (κ3) is 2.18. The van der Waals surface area contributed by atoms with Gasteiger partial charge in [-0.3, -0.25) is 0 Å². The van der Waals surface area contributed by atoms with E-state index in [1.165, 1.54) is 5.56 Å². The Labute approximate surface area is 143 Å². The average molecular weight is 640 g/mol. The van der Waals surface area contributed by atoms with Crippen LogP contribution >= 0.6 is 0 Å². The van der Waals surface area contributed by atoms with E-state index in [0.29, 0.717) is 0 Å². The topological polar surface area (TPSA) is 44.5 Å². The standard InChI is InChI=1S/C14H11NO2.2Pb/c1-16-11-6-2-4-9-8-17-12-7-3-5-10(15)14(12)13(9)11;;/h2-7H,15H2,1H3;;. The van der Waals surface area contributed by atoms with Crippen molar-refractivity contribution in [2.75, 3.05) is 12.8 Å². The molecule has 0 bridgehead atoms. The van der Waals surface area contributed by atoms with E-state index in [4.69, 9.17) is 15.2 Å². The third-order valence-corrected chi connectivity index (χ3v) is 6.08. The van der Waals surface area contributed by atoms with E-state index in [-0.39, 0.29) is 0.720 Å². The van der Waals surface area contributed by atoms with Gasteiger partial charge in [-0.15, -0.1) is 0 Å². The molecule has 1 aliphatic heterocycles. The van der Waals surface area contributed by atoms with Gasteiger partial charge in [0.1, 0.15) is 0 Å². The number of nitrogens with two attached hydrogens (primary N) is 1. The number of hydrogen-bond acceptors (Lipinski definition) is 3. The molecular weight excluding hydrogens is 629 g/mol. The molecule has 2 aromatic rings. The molecule has 19 heavy (non-hydrogen) atoms. The maximum absolute atomic E-state index is 6.21. The summed E-state index contributed by atoms with van der Waals surface area (Å²) in [5.74, 6) is 1.75. The minimum atomic E-state index is -0.120. The quantitative estimate of drug-likeness (QED) is 0.383. The Balaban J connectivity index is 2.41. The Morgan fingerprint density at radius 2 is 1.84 bits per heavy atom. The molecule has 0 unspecified atom stereocenters. The van der Waals surface area contributed by atoms with Gasteiger partial charge in [-0.1, -0.05) is 0 Å². The van der Waals surface area contributed by atoms with E-state index in [9.17, 15) is 0 Å². The van der Waals surface area contributed by atoms with Crippen molar-refractivity contribution >= 4 is 57.2 Å². The number of anilines is 1. The van der Waals surface area contributed by atoms with Crippen LogP contribution in [0.2, 0.25) is 0 Å². The van der Waals surface area contributed by atoms with Gasteiger partial charge in [-0.05, 0) is 0 Å². The van der Waals surface area contributed by atoms with E-state index >= 15 is 0 Å². The molecule has 6 radical (unpaired) electrons. The van der Waals surface area contributed by atoms with Crippen molar-refractivity contribution in [1.29, 1.82) is 0 Å². The van der Waals surface area contributed by atoms with Crippen molar-refractivity contribution in [3.05, 3.63) is 42.0 Å². The van der Waals surface area contributed by atoms with Crippen molar-refractivity contribution in [2.24, 2.45) is 0 Å². The summed E-state index contributed by atoms with van der Waals surface area (Å²) in [6.07, 6.45) is 0.